The summed E-state index contributed by atoms with van der Waals surface area (Å²) < 4.78 is 5.50. The van der Waals surface area contributed by atoms with Crippen LogP contribution in [0.5, 0.6) is 0 Å². The number of aromatic nitrogens is 1. The Morgan fingerprint density at radius 3 is 2.67 bits per heavy atom. The van der Waals surface area contributed by atoms with Gasteiger partial charge < -0.3 is 9.64 Å². The van der Waals surface area contributed by atoms with Crippen LogP contribution in [0.1, 0.15) is 35.7 Å². The summed E-state index contributed by atoms with van der Waals surface area (Å²) in [4.78, 5) is 28.0. The molecule has 0 saturated carbocycles. The first-order valence-electron chi connectivity index (χ1n) is 13.1. The maximum Gasteiger partial charge on any atom is 0.253 e. The summed E-state index contributed by atoms with van der Waals surface area (Å²) in [6, 6.07) is 17.9. The maximum atomic E-state index is 13.0. The molecule has 0 radical (unpaired) electrons. The third kappa shape index (κ3) is 6.03. The predicted octanol–water partition coefficient (Wildman–Crippen LogP) is 4.39. The largest absolute Gasteiger partial charge is 0.381 e. The summed E-state index contributed by atoms with van der Waals surface area (Å²) in [5.74, 6) is 0.742. The number of hydrogen-bond donors (Lipinski definition) is 1. The zero-order valence-corrected chi connectivity index (χ0v) is 21.1. The number of nitrogens with one attached hydrogen (secondary N) is 1. The number of ether oxygens (including phenoxy) is 1. The summed E-state index contributed by atoms with van der Waals surface area (Å²) in [5.41, 5.74) is 6.85. The molecule has 7 heteroatoms. The van der Waals surface area contributed by atoms with Crippen LogP contribution in [-0.2, 0) is 16.0 Å². The molecule has 2 unspecified atom stereocenters. The van der Waals surface area contributed by atoms with Crippen molar-refractivity contribution in [2.24, 2.45) is 5.92 Å². The van der Waals surface area contributed by atoms with Gasteiger partial charge in [-0.1, -0.05) is 31.2 Å². The van der Waals surface area contributed by atoms with Crippen molar-refractivity contribution in [2.45, 2.75) is 32.3 Å². The first-order valence-corrected chi connectivity index (χ1v) is 13.1. The van der Waals surface area contributed by atoms with E-state index in [0.717, 1.165) is 81.8 Å². The van der Waals surface area contributed by atoms with Gasteiger partial charge in [0.2, 0.25) is 0 Å². The number of pyridine rings is 1. The number of para-hydroxylation sites is 1. The number of piperazine rings is 1. The number of rotatable bonds is 9. The molecule has 36 heavy (non-hydrogen) atoms. The van der Waals surface area contributed by atoms with Crippen LogP contribution < -0.4 is 5.48 Å². The smallest absolute Gasteiger partial charge is 0.253 e. The van der Waals surface area contributed by atoms with Gasteiger partial charge in [0, 0.05) is 62.9 Å². The lowest BCUT2D eigenvalue weighted by Gasteiger charge is -2.35. The minimum atomic E-state index is 0.00556. The summed E-state index contributed by atoms with van der Waals surface area (Å²) >= 11 is 0. The number of hydrogen-bond acceptors (Lipinski definition) is 6. The van der Waals surface area contributed by atoms with Gasteiger partial charge in [0.25, 0.3) is 5.91 Å². The second kappa shape index (κ2) is 11.8. The highest BCUT2D eigenvalue weighted by Crippen LogP contribution is 2.21. The van der Waals surface area contributed by atoms with E-state index < -0.39 is 0 Å². The van der Waals surface area contributed by atoms with Crippen molar-refractivity contribution < 1.29 is 14.4 Å². The third-order valence-electron chi connectivity index (χ3n) is 7.29. The molecular formula is C29H36N4O3. The molecule has 5 rings (SSSR count). The van der Waals surface area contributed by atoms with Gasteiger partial charge in [-0.15, -0.1) is 0 Å². The molecule has 3 aromatic rings. The normalized spacial score (nSPS) is 19.5. The van der Waals surface area contributed by atoms with Gasteiger partial charge in [0.1, 0.15) is 0 Å². The molecule has 1 N–H and O–H groups in total. The van der Waals surface area contributed by atoms with Gasteiger partial charge in [-0.05, 0) is 54.7 Å². The Kier molecular flexibility index (Phi) is 8.11. The van der Waals surface area contributed by atoms with Gasteiger partial charge in [0.15, 0.2) is 0 Å². The molecule has 2 aliphatic rings. The van der Waals surface area contributed by atoms with Crippen LogP contribution in [0, 0.1) is 5.92 Å². The lowest BCUT2D eigenvalue weighted by molar-refractivity contribution is 0.0611. The van der Waals surface area contributed by atoms with Crippen molar-refractivity contribution in [1.29, 1.82) is 0 Å². The quantitative estimate of drug-likeness (QED) is 0.451. The zero-order valence-electron chi connectivity index (χ0n) is 21.1. The fourth-order valence-electron chi connectivity index (χ4n) is 5.09. The summed E-state index contributed by atoms with van der Waals surface area (Å²) in [6.45, 7) is 8.38. The van der Waals surface area contributed by atoms with Crippen molar-refractivity contribution >= 4 is 22.5 Å². The van der Waals surface area contributed by atoms with E-state index in [1.54, 1.807) is 0 Å². The highest BCUT2D eigenvalue weighted by atomic mass is 16.7. The molecule has 3 heterocycles. The van der Waals surface area contributed by atoms with Crippen LogP contribution in [0.25, 0.3) is 10.9 Å². The van der Waals surface area contributed by atoms with Gasteiger partial charge in [0.05, 0.1) is 23.9 Å². The Hall–Kier alpha value is -3.00. The van der Waals surface area contributed by atoms with E-state index in [2.05, 4.69) is 46.6 Å². The highest BCUT2D eigenvalue weighted by Gasteiger charge is 2.25. The van der Waals surface area contributed by atoms with Gasteiger partial charge in [-0.25, -0.2) is 0 Å². The molecule has 2 aromatic carbocycles. The van der Waals surface area contributed by atoms with E-state index in [1.165, 1.54) is 5.56 Å². The van der Waals surface area contributed by atoms with E-state index in [1.807, 2.05) is 41.4 Å². The van der Waals surface area contributed by atoms with E-state index in [4.69, 9.17) is 9.57 Å². The average molecular weight is 489 g/mol. The molecule has 1 aromatic heterocycles. The number of anilines is 1. The second-order valence-corrected chi connectivity index (χ2v) is 9.85. The summed E-state index contributed by atoms with van der Waals surface area (Å²) in [7, 11) is 0. The first-order chi connectivity index (χ1) is 17.7. The number of amides is 1. The molecular weight excluding hydrogens is 452 g/mol. The van der Waals surface area contributed by atoms with E-state index in [-0.39, 0.29) is 12.0 Å². The van der Waals surface area contributed by atoms with Crippen molar-refractivity contribution in [3.05, 3.63) is 71.9 Å². The van der Waals surface area contributed by atoms with Crippen LogP contribution in [-0.4, -0.2) is 72.7 Å². The standard InChI is InChI=1S/C29H36N4O3/c1-2-27(19-25-6-3-5-23-7-4-13-30-28(23)25)36-31-26-10-8-24(9-11-26)29(34)33-16-14-32(15-17-33)20-22-12-18-35-21-22/h3-11,13,22,27,31H,2,12,14-21H2,1H3. The average Bonchev–Trinajstić information content (AvgIpc) is 3.44. The SMILES string of the molecule is CCC(Cc1cccc2cccnc12)ONc1ccc(C(=O)N2CCN(CC3CCOC3)CC2)cc1. The van der Waals surface area contributed by atoms with Crippen LogP contribution in [0.4, 0.5) is 5.69 Å². The fourth-order valence-corrected chi connectivity index (χ4v) is 5.09. The van der Waals surface area contributed by atoms with Gasteiger partial charge in [-0.2, -0.15) is 0 Å². The Bertz CT molecular complexity index is 1130. The number of nitrogens with zero attached hydrogens (tertiary/aromatic N) is 3. The number of benzene rings is 2. The second-order valence-electron chi connectivity index (χ2n) is 9.85. The van der Waals surface area contributed by atoms with Crippen molar-refractivity contribution in [3.63, 3.8) is 0 Å². The Labute approximate surface area is 213 Å². The number of carbonyl (C=O) groups excluding carboxylic acids is 1. The van der Waals surface area contributed by atoms with Crippen LogP contribution in [0.3, 0.4) is 0 Å². The molecule has 1 amide bonds. The number of carbonyl (C=O) groups is 1. The molecule has 2 fully saturated rings. The monoisotopic (exact) mass is 488 g/mol. The Morgan fingerprint density at radius 2 is 1.92 bits per heavy atom. The van der Waals surface area contributed by atoms with E-state index >= 15 is 0 Å². The third-order valence-corrected chi connectivity index (χ3v) is 7.29. The van der Waals surface area contributed by atoms with Crippen molar-refractivity contribution in [2.75, 3.05) is 51.4 Å². The Balaban J connectivity index is 1.11. The number of fused-ring (bicyclic) bond motifs is 1. The van der Waals surface area contributed by atoms with E-state index in [0.29, 0.717) is 11.5 Å². The topological polar surface area (TPSA) is 66.9 Å². The minimum absolute atomic E-state index is 0.00556. The highest BCUT2D eigenvalue weighted by molar-refractivity contribution is 5.94. The van der Waals surface area contributed by atoms with Crippen molar-refractivity contribution in [1.82, 2.24) is 14.8 Å². The molecule has 0 aliphatic carbocycles. The predicted molar refractivity (Wildman–Crippen MR) is 142 cm³/mol. The van der Waals surface area contributed by atoms with Crippen LogP contribution >= 0.6 is 0 Å². The molecule has 0 spiro atoms. The van der Waals surface area contributed by atoms with Crippen molar-refractivity contribution in [3.8, 4) is 0 Å². The molecule has 190 valence electrons. The van der Waals surface area contributed by atoms with Crippen LogP contribution in [0.2, 0.25) is 0 Å². The zero-order chi connectivity index (χ0) is 24.7. The van der Waals surface area contributed by atoms with Gasteiger partial charge in [-0.3, -0.25) is 25.0 Å². The van der Waals surface area contributed by atoms with E-state index in [9.17, 15) is 4.79 Å². The molecule has 2 atom stereocenters. The Morgan fingerprint density at radius 1 is 1.11 bits per heavy atom. The first kappa shape index (κ1) is 24.7. The summed E-state index contributed by atoms with van der Waals surface area (Å²) in [6.07, 6.45) is 4.63. The minimum Gasteiger partial charge on any atom is -0.381 e. The molecule has 7 nitrogen and oxygen atoms in total. The lowest BCUT2D eigenvalue weighted by Crippen LogP contribution is -2.49. The molecule has 2 aliphatic heterocycles. The fraction of sp³-hybridized carbons (Fsp3) is 0.448. The van der Waals surface area contributed by atoms with Crippen LogP contribution in [0.15, 0.2) is 60.8 Å². The molecule has 2 saturated heterocycles. The maximum absolute atomic E-state index is 13.0. The van der Waals surface area contributed by atoms with Gasteiger partial charge >= 0.3 is 0 Å². The summed E-state index contributed by atoms with van der Waals surface area (Å²) in [5, 5.41) is 1.14. The lowest BCUT2D eigenvalue weighted by atomic mass is 10.0. The molecule has 0 bridgehead atoms.